The van der Waals surface area contributed by atoms with Gasteiger partial charge < -0.3 is 5.11 Å². The lowest BCUT2D eigenvalue weighted by molar-refractivity contribution is -0.382. The molecule has 1 atom stereocenters. The lowest BCUT2D eigenvalue weighted by Crippen LogP contribution is -2.67. The zero-order valence-electron chi connectivity index (χ0n) is 9.65. The Labute approximate surface area is 95.2 Å². The highest BCUT2D eigenvalue weighted by Gasteiger charge is 2.73. The summed E-state index contributed by atoms with van der Waals surface area (Å²) in [7, 11) is 0. The maximum Gasteiger partial charge on any atom is 0.427 e. The van der Waals surface area contributed by atoms with Crippen LogP contribution >= 0.6 is 0 Å². The van der Waals surface area contributed by atoms with E-state index in [0.29, 0.717) is 6.92 Å². The summed E-state index contributed by atoms with van der Waals surface area (Å²) in [5.74, 6) is 0. The molecule has 0 aromatic carbocycles. The highest BCUT2D eigenvalue weighted by atomic mass is 19.4. The molecule has 1 N–H and O–H groups in total. The molecular formula is C9H15F6NO. The topological polar surface area (TPSA) is 23.5 Å². The summed E-state index contributed by atoms with van der Waals surface area (Å²) in [4.78, 5) is 0.904. The van der Waals surface area contributed by atoms with E-state index >= 15 is 0 Å². The maximum absolute atomic E-state index is 12.5. The van der Waals surface area contributed by atoms with Gasteiger partial charge in [0.15, 0.2) is 0 Å². The summed E-state index contributed by atoms with van der Waals surface area (Å²) < 4.78 is 74.9. The van der Waals surface area contributed by atoms with E-state index in [-0.39, 0.29) is 13.1 Å². The minimum Gasteiger partial charge on any atom is -0.372 e. The first-order valence-electron chi connectivity index (χ1n) is 5.03. The molecule has 17 heavy (non-hydrogen) atoms. The average Bonchev–Trinajstić information content (AvgIpc) is 2.14. The third-order valence-electron chi connectivity index (χ3n) is 2.83. The van der Waals surface area contributed by atoms with Crippen molar-refractivity contribution < 1.29 is 31.4 Å². The fourth-order valence-corrected chi connectivity index (χ4v) is 1.67. The van der Waals surface area contributed by atoms with E-state index in [1.807, 2.05) is 0 Å². The van der Waals surface area contributed by atoms with Crippen LogP contribution in [-0.2, 0) is 0 Å². The minimum absolute atomic E-state index is 0.0217. The summed E-state index contributed by atoms with van der Waals surface area (Å²) >= 11 is 0. The van der Waals surface area contributed by atoms with Crippen molar-refractivity contribution in [3.05, 3.63) is 0 Å². The fourth-order valence-electron chi connectivity index (χ4n) is 1.67. The van der Waals surface area contributed by atoms with E-state index in [1.165, 1.54) is 13.8 Å². The van der Waals surface area contributed by atoms with Gasteiger partial charge in [0.2, 0.25) is 0 Å². The Kier molecular flexibility index (Phi) is 4.86. The van der Waals surface area contributed by atoms with Crippen LogP contribution in [0.15, 0.2) is 0 Å². The second-order valence-corrected chi connectivity index (χ2v) is 3.66. The van der Waals surface area contributed by atoms with Crippen molar-refractivity contribution in [1.82, 2.24) is 4.90 Å². The molecule has 0 aliphatic heterocycles. The first-order chi connectivity index (χ1) is 7.43. The average molecular weight is 267 g/mol. The summed E-state index contributed by atoms with van der Waals surface area (Å²) in [6, 6.07) is -2.10. The Morgan fingerprint density at radius 3 is 1.41 bits per heavy atom. The van der Waals surface area contributed by atoms with Gasteiger partial charge in [0.1, 0.15) is 0 Å². The number of hydrogen-bond acceptors (Lipinski definition) is 2. The van der Waals surface area contributed by atoms with E-state index < -0.39 is 24.0 Å². The van der Waals surface area contributed by atoms with Gasteiger partial charge in [-0.2, -0.15) is 26.3 Å². The van der Waals surface area contributed by atoms with Crippen LogP contribution in [0.1, 0.15) is 20.8 Å². The second-order valence-electron chi connectivity index (χ2n) is 3.66. The van der Waals surface area contributed by atoms with Crippen molar-refractivity contribution in [3.8, 4) is 0 Å². The van der Waals surface area contributed by atoms with Crippen LogP contribution in [0.5, 0.6) is 0 Å². The smallest absolute Gasteiger partial charge is 0.372 e. The quantitative estimate of drug-likeness (QED) is 0.791. The third kappa shape index (κ3) is 2.85. The molecule has 0 radical (unpaired) electrons. The zero-order valence-corrected chi connectivity index (χ0v) is 9.65. The van der Waals surface area contributed by atoms with Crippen molar-refractivity contribution in [3.63, 3.8) is 0 Å². The van der Waals surface area contributed by atoms with E-state index in [0.717, 1.165) is 4.90 Å². The van der Waals surface area contributed by atoms with Crippen LogP contribution in [0.25, 0.3) is 0 Å². The molecular weight excluding hydrogens is 252 g/mol. The number of rotatable bonds is 4. The van der Waals surface area contributed by atoms with Gasteiger partial charge in [0.05, 0.1) is 6.04 Å². The molecule has 0 heterocycles. The van der Waals surface area contributed by atoms with Crippen LogP contribution < -0.4 is 0 Å². The molecule has 0 spiro atoms. The summed E-state index contributed by atoms with van der Waals surface area (Å²) in [5, 5.41) is 9.09. The molecule has 8 heteroatoms. The third-order valence-corrected chi connectivity index (χ3v) is 2.83. The summed E-state index contributed by atoms with van der Waals surface area (Å²) in [6.45, 7) is 3.52. The van der Waals surface area contributed by atoms with Crippen LogP contribution in [0.4, 0.5) is 26.3 Å². The number of aliphatic hydroxyl groups is 1. The highest BCUT2D eigenvalue weighted by Crippen LogP contribution is 2.46. The number of hydrogen-bond donors (Lipinski definition) is 1. The Morgan fingerprint density at radius 1 is 0.941 bits per heavy atom. The molecule has 0 aromatic heterocycles. The van der Waals surface area contributed by atoms with E-state index in [9.17, 15) is 26.3 Å². The van der Waals surface area contributed by atoms with Crippen molar-refractivity contribution in [2.45, 2.75) is 44.8 Å². The van der Waals surface area contributed by atoms with Crippen molar-refractivity contribution in [1.29, 1.82) is 0 Å². The first-order valence-corrected chi connectivity index (χ1v) is 5.03. The highest BCUT2D eigenvalue weighted by molar-refractivity contribution is 5.02. The predicted molar refractivity (Wildman–Crippen MR) is 49.4 cm³/mol. The lowest BCUT2D eigenvalue weighted by Gasteiger charge is -2.41. The van der Waals surface area contributed by atoms with E-state index in [4.69, 9.17) is 5.11 Å². The van der Waals surface area contributed by atoms with Gasteiger partial charge in [-0.1, -0.05) is 13.8 Å². The lowest BCUT2D eigenvalue weighted by atomic mass is 9.92. The number of alkyl halides is 6. The Hall–Kier alpha value is -0.500. The van der Waals surface area contributed by atoms with Crippen molar-refractivity contribution in [2.75, 3.05) is 13.1 Å². The molecule has 2 nitrogen and oxygen atoms in total. The molecule has 0 bridgehead atoms. The van der Waals surface area contributed by atoms with Gasteiger partial charge in [-0.3, -0.25) is 4.90 Å². The van der Waals surface area contributed by atoms with Gasteiger partial charge in [-0.25, -0.2) is 0 Å². The number of halogens is 6. The summed E-state index contributed by atoms with van der Waals surface area (Å²) in [5.41, 5.74) is -4.72. The van der Waals surface area contributed by atoms with Gasteiger partial charge in [-0.05, 0) is 20.0 Å². The molecule has 1 unspecified atom stereocenters. The van der Waals surface area contributed by atoms with Crippen LogP contribution in [-0.4, -0.2) is 47.1 Å². The molecule has 104 valence electrons. The van der Waals surface area contributed by atoms with Gasteiger partial charge >= 0.3 is 12.4 Å². The molecule has 0 amide bonds. The van der Waals surface area contributed by atoms with Crippen LogP contribution in [0, 0.1) is 0 Å². The SMILES string of the molecule is CCN(CC)C(C)C(O)(C(F)(F)F)C(F)(F)F. The molecule has 0 aliphatic rings. The molecule has 0 aliphatic carbocycles. The molecule has 0 aromatic rings. The monoisotopic (exact) mass is 267 g/mol. The summed E-state index contributed by atoms with van der Waals surface area (Å²) in [6.07, 6.45) is -11.5. The van der Waals surface area contributed by atoms with Crippen molar-refractivity contribution in [2.24, 2.45) is 0 Å². The fraction of sp³-hybridized carbons (Fsp3) is 1.00. The number of likely N-dealkylation sites (N-methyl/N-ethyl adjacent to an activating group) is 1. The van der Waals surface area contributed by atoms with Crippen LogP contribution in [0.3, 0.4) is 0 Å². The Balaban J connectivity index is 5.50. The Bertz CT molecular complexity index is 231. The zero-order chi connectivity index (χ0) is 14.1. The molecule has 0 saturated heterocycles. The van der Waals surface area contributed by atoms with E-state index in [1.54, 1.807) is 0 Å². The Morgan fingerprint density at radius 2 is 1.24 bits per heavy atom. The first kappa shape index (κ1) is 16.5. The van der Waals surface area contributed by atoms with Crippen molar-refractivity contribution >= 4 is 0 Å². The molecule has 0 saturated carbocycles. The number of nitrogens with zero attached hydrogens (tertiary/aromatic N) is 1. The predicted octanol–water partition coefficient (Wildman–Crippen LogP) is 2.57. The molecule has 0 fully saturated rings. The molecule has 0 rings (SSSR count). The maximum atomic E-state index is 12.5. The van der Waals surface area contributed by atoms with E-state index in [2.05, 4.69) is 0 Å². The minimum atomic E-state index is -5.77. The van der Waals surface area contributed by atoms with Gasteiger partial charge in [0.25, 0.3) is 5.60 Å². The largest absolute Gasteiger partial charge is 0.427 e. The standard InChI is InChI=1S/C9H15F6NO/c1-4-16(5-2)6(3)7(17,8(10,11)12)9(13,14)15/h6,17H,4-5H2,1-3H3. The van der Waals surface area contributed by atoms with Crippen LogP contribution in [0.2, 0.25) is 0 Å². The van der Waals surface area contributed by atoms with Gasteiger partial charge in [0, 0.05) is 0 Å². The second kappa shape index (κ2) is 5.01. The van der Waals surface area contributed by atoms with Gasteiger partial charge in [-0.15, -0.1) is 0 Å². The normalized spacial score (nSPS) is 16.4.